The molecule has 1 aliphatic rings. The molecule has 1 saturated heterocycles. The number of nitrogens with one attached hydrogen (secondary N) is 1. The molecular weight excluding hydrogens is 452 g/mol. The van der Waals surface area contributed by atoms with Gasteiger partial charge in [-0.05, 0) is 47.5 Å². The largest absolute Gasteiger partial charge is 0.351 e. The van der Waals surface area contributed by atoms with Gasteiger partial charge in [0.15, 0.2) is 0 Å². The second-order valence-corrected chi connectivity index (χ2v) is 8.70. The molecule has 9 heteroatoms. The van der Waals surface area contributed by atoms with Gasteiger partial charge in [-0.2, -0.15) is 5.26 Å². The van der Waals surface area contributed by atoms with Crippen molar-refractivity contribution in [3.8, 4) is 17.2 Å². The van der Waals surface area contributed by atoms with Crippen LogP contribution in [0, 0.1) is 11.3 Å². The summed E-state index contributed by atoms with van der Waals surface area (Å²) in [5.74, 6) is -4.36. The minimum Gasteiger partial charge on any atom is -0.351 e. The fraction of sp³-hybridized carbons (Fsp3) is 0.231. The van der Waals surface area contributed by atoms with Gasteiger partial charge in [0.1, 0.15) is 6.04 Å². The maximum atomic E-state index is 13.7. The summed E-state index contributed by atoms with van der Waals surface area (Å²) in [6.45, 7) is -1.31. The van der Waals surface area contributed by atoms with Gasteiger partial charge in [0, 0.05) is 42.2 Å². The van der Waals surface area contributed by atoms with E-state index in [4.69, 9.17) is 5.26 Å². The molecule has 0 saturated carbocycles. The molecular formula is C26H21F2N5O2. The number of alkyl halides is 2. The Labute approximate surface area is 199 Å². The number of nitrogens with zero attached hydrogens (tertiary/aromatic N) is 4. The van der Waals surface area contributed by atoms with Crippen molar-refractivity contribution in [2.24, 2.45) is 7.05 Å². The second kappa shape index (κ2) is 8.47. The van der Waals surface area contributed by atoms with E-state index in [1.54, 1.807) is 12.1 Å². The van der Waals surface area contributed by atoms with E-state index in [2.05, 4.69) is 16.4 Å². The molecule has 1 atom stereocenters. The fourth-order valence-electron chi connectivity index (χ4n) is 4.53. The van der Waals surface area contributed by atoms with E-state index >= 15 is 0 Å². The molecule has 3 heterocycles. The quantitative estimate of drug-likeness (QED) is 0.487. The SMILES string of the molecule is Cn1ccc2cc(-c3ccc4nccc(C(=O)NCC(=O)N5CC(F)(F)C[C@H]5C#N)c4c3)ccc21. The first kappa shape index (κ1) is 22.5. The van der Waals surface area contributed by atoms with Crippen LogP contribution in [0.1, 0.15) is 16.8 Å². The monoisotopic (exact) mass is 473 g/mol. The summed E-state index contributed by atoms with van der Waals surface area (Å²) in [5, 5.41) is 13.3. The predicted octanol–water partition coefficient (Wildman–Crippen LogP) is 3.88. The smallest absolute Gasteiger partial charge is 0.268 e. The lowest BCUT2D eigenvalue weighted by atomic mass is 9.99. The van der Waals surface area contributed by atoms with Crippen LogP contribution in [-0.2, 0) is 11.8 Å². The summed E-state index contributed by atoms with van der Waals surface area (Å²) in [4.78, 5) is 30.6. The first-order chi connectivity index (χ1) is 16.8. The number of nitriles is 1. The highest BCUT2D eigenvalue weighted by molar-refractivity contribution is 6.07. The molecule has 2 aromatic carbocycles. The number of carbonyl (C=O) groups excluding carboxylic acids is 2. The van der Waals surface area contributed by atoms with Gasteiger partial charge < -0.3 is 14.8 Å². The van der Waals surface area contributed by atoms with Crippen molar-refractivity contribution < 1.29 is 18.4 Å². The zero-order valence-electron chi connectivity index (χ0n) is 18.8. The van der Waals surface area contributed by atoms with Gasteiger partial charge in [-0.1, -0.05) is 12.1 Å². The van der Waals surface area contributed by atoms with Crippen LogP contribution in [0.15, 0.2) is 60.9 Å². The number of amides is 2. The van der Waals surface area contributed by atoms with Crippen molar-refractivity contribution in [2.45, 2.75) is 18.4 Å². The Morgan fingerprint density at radius 2 is 1.94 bits per heavy atom. The summed E-state index contributed by atoms with van der Waals surface area (Å²) in [5.41, 5.74) is 3.91. The van der Waals surface area contributed by atoms with E-state index in [1.807, 2.05) is 54.2 Å². The average Bonchev–Trinajstić information content (AvgIpc) is 3.39. The van der Waals surface area contributed by atoms with Crippen LogP contribution >= 0.6 is 0 Å². The van der Waals surface area contributed by atoms with Crippen LogP contribution in [0.25, 0.3) is 32.9 Å². The average molecular weight is 473 g/mol. The van der Waals surface area contributed by atoms with Crippen LogP contribution in [0.3, 0.4) is 0 Å². The van der Waals surface area contributed by atoms with Crippen LogP contribution in [0.5, 0.6) is 0 Å². The number of aromatic nitrogens is 2. The molecule has 0 bridgehead atoms. The number of likely N-dealkylation sites (tertiary alicyclic amines) is 1. The first-order valence-electron chi connectivity index (χ1n) is 11.0. The van der Waals surface area contributed by atoms with E-state index in [0.717, 1.165) is 26.9 Å². The van der Waals surface area contributed by atoms with E-state index in [1.165, 1.54) is 6.20 Å². The van der Waals surface area contributed by atoms with Crippen molar-refractivity contribution in [3.05, 3.63) is 66.5 Å². The van der Waals surface area contributed by atoms with Gasteiger partial charge >= 0.3 is 0 Å². The molecule has 7 nitrogen and oxygen atoms in total. The van der Waals surface area contributed by atoms with Crippen LogP contribution in [-0.4, -0.2) is 51.3 Å². The standard InChI is InChI=1S/C26H21F2N5O2/c1-32-9-7-18-10-16(3-5-23(18)32)17-2-4-22-21(11-17)20(6-8-30-22)25(35)31-14-24(34)33-15-26(27,28)12-19(33)13-29/h2-11,19H,12,14-15H2,1H3,(H,31,35)/t19-/m0/s1. The molecule has 1 aliphatic heterocycles. The molecule has 2 aromatic heterocycles. The normalized spacial score (nSPS) is 17.0. The summed E-state index contributed by atoms with van der Waals surface area (Å²) in [7, 11) is 1.98. The summed E-state index contributed by atoms with van der Waals surface area (Å²) in [6.07, 6.45) is 2.79. The predicted molar refractivity (Wildman–Crippen MR) is 127 cm³/mol. The van der Waals surface area contributed by atoms with E-state index in [0.29, 0.717) is 16.5 Å². The van der Waals surface area contributed by atoms with Gasteiger partial charge in [0.25, 0.3) is 11.8 Å². The van der Waals surface area contributed by atoms with Gasteiger partial charge in [-0.25, -0.2) is 8.78 Å². The Morgan fingerprint density at radius 3 is 2.74 bits per heavy atom. The number of hydrogen-bond donors (Lipinski definition) is 1. The topological polar surface area (TPSA) is 91.0 Å². The number of fused-ring (bicyclic) bond motifs is 2. The second-order valence-electron chi connectivity index (χ2n) is 8.70. The molecule has 1 N–H and O–H groups in total. The Bertz CT molecular complexity index is 1520. The number of hydrogen-bond acceptors (Lipinski definition) is 4. The minimum atomic E-state index is -3.11. The van der Waals surface area contributed by atoms with E-state index < -0.39 is 43.3 Å². The maximum Gasteiger partial charge on any atom is 0.268 e. The third-order valence-corrected chi connectivity index (χ3v) is 6.34. The summed E-state index contributed by atoms with van der Waals surface area (Å²) >= 11 is 0. The molecule has 0 unspecified atom stereocenters. The number of halogens is 2. The highest BCUT2D eigenvalue weighted by Gasteiger charge is 2.47. The molecule has 1 fully saturated rings. The third kappa shape index (κ3) is 4.19. The molecule has 5 rings (SSSR count). The maximum absolute atomic E-state index is 13.7. The Balaban J connectivity index is 1.39. The fourth-order valence-corrected chi connectivity index (χ4v) is 4.53. The first-order valence-corrected chi connectivity index (χ1v) is 11.0. The van der Waals surface area contributed by atoms with Gasteiger partial charge in [-0.3, -0.25) is 14.6 Å². The van der Waals surface area contributed by atoms with Crippen molar-refractivity contribution in [1.29, 1.82) is 5.26 Å². The number of carbonyl (C=O) groups is 2. The summed E-state index contributed by atoms with van der Waals surface area (Å²) < 4.78 is 29.3. The number of aryl methyl sites for hydroxylation is 1. The lowest BCUT2D eigenvalue weighted by Gasteiger charge is -2.19. The van der Waals surface area contributed by atoms with Crippen molar-refractivity contribution >= 4 is 33.6 Å². The number of pyridine rings is 1. The van der Waals surface area contributed by atoms with Crippen LogP contribution in [0.4, 0.5) is 8.78 Å². The van der Waals surface area contributed by atoms with Crippen LogP contribution < -0.4 is 5.32 Å². The molecule has 0 radical (unpaired) electrons. The highest BCUT2D eigenvalue weighted by Crippen LogP contribution is 2.32. The van der Waals surface area contributed by atoms with Crippen molar-refractivity contribution in [2.75, 3.05) is 13.1 Å². The molecule has 176 valence electrons. The molecule has 0 spiro atoms. The van der Waals surface area contributed by atoms with Gasteiger partial charge in [0.2, 0.25) is 5.91 Å². The summed E-state index contributed by atoms with van der Waals surface area (Å²) in [6, 6.07) is 15.8. The van der Waals surface area contributed by atoms with E-state index in [9.17, 15) is 18.4 Å². The Hall–Kier alpha value is -4.32. The molecule has 0 aliphatic carbocycles. The molecule has 2 amide bonds. The lowest BCUT2D eigenvalue weighted by molar-refractivity contribution is -0.131. The van der Waals surface area contributed by atoms with E-state index in [-0.39, 0.29) is 0 Å². The number of rotatable bonds is 4. The lowest BCUT2D eigenvalue weighted by Crippen LogP contribution is -2.43. The highest BCUT2D eigenvalue weighted by atomic mass is 19.3. The van der Waals surface area contributed by atoms with Crippen LogP contribution in [0.2, 0.25) is 0 Å². The third-order valence-electron chi connectivity index (χ3n) is 6.34. The zero-order chi connectivity index (χ0) is 24.7. The van der Waals surface area contributed by atoms with Crippen molar-refractivity contribution in [3.63, 3.8) is 0 Å². The van der Waals surface area contributed by atoms with Crippen molar-refractivity contribution in [1.82, 2.24) is 19.8 Å². The zero-order valence-corrected chi connectivity index (χ0v) is 18.8. The molecule has 35 heavy (non-hydrogen) atoms. The van der Waals surface area contributed by atoms with Gasteiger partial charge in [-0.15, -0.1) is 0 Å². The Kier molecular flexibility index (Phi) is 5.44. The number of benzene rings is 2. The molecule has 4 aromatic rings. The minimum absolute atomic E-state index is 0.314. The van der Waals surface area contributed by atoms with Gasteiger partial charge in [0.05, 0.1) is 30.2 Å². The Morgan fingerprint density at radius 1 is 1.17 bits per heavy atom.